The van der Waals surface area contributed by atoms with Crippen LogP contribution in [-0.4, -0.2) is 19.3 Å². The standard InChI is InChI=1S/C38H48F4O2/c1-3-5-6-7-30-18-21-32(36(40)35(30)39)29-16-19-31(20-17-29)44-24-25-8-10-26(11-9-25)27-12-14-28(15-13-27)33-22-23-34(43-4-2)38(42)37(33)41/h3,5,14,18,21-23,25-27,29,31H,4,6-13,15-17,19-20,24H2,1-2H3/b5-3+. The molecule has 0 amide bonds. The molecule has 0 spiro atoms. The van der Waals surface area contributed by atoms with Gasteiger partial charge in [0.15, 0.2) is 23.2 Å². The molecule has 2 aromatic rings. The molecule has 0 heterocycles. The summed E-state index contributed by atoms with van der Waals surface area (Å²) in [4.78, 5) is 0. The van der Waals surface area contributed by atoms with Crippen LogP contribution in [0.25, 0.3) is 5.57 Å². The number of hydrogen-bond donors (Lipinski definition) is 0. The highest BCUT2D eigenvalue weighted by Gasteiger charge is 2.31. The minimum atomic E-state index is -0.897. The lowest BCUT2D eigenvalue weighted by molar-refractivity contribution is -0.00689. The minimum Gasteiger partial charge on any atom is -0.491 e. The number of hydrogen-bond acceptors (Lipinski definition) is 2. The number of rotatable bonds is 11. The fourth-order valence-electron chi connectivity index (χ4n) is 7.73. The third-order valence-corrected chi connectivity index (χ3v) is 10.4. The number of allylic oxidation sites excluding steroid dienone is 4. The van der Waals surface area contributed by atoms with Crippen molar-refractivity contribution in [3.05, 3.63) is 82.5 Å². The van der Waals surface area contributed by atoms with E-state index in [2.05, 4.69) is 6.08 Å². The number of ether oxygens (including phenoxy) is 2. The summed E-state index contributed by atoms with van der Waals surface area (Å²) in [5, 5.41) is 0. The van der Waals surface area contributed by atoms with Crippen molar-refractivity contribution in [2.75, 3.05) is 13.2 Å². The Morgan fingerprint density at radius 3 is 2.25 bits per heavy atom. The molecule has 0 N–H and O–H groups in total. The van der Waals surface area contributed by atoms with Crippen LogP contribution in [0.5, 0.6) is 5.75 Å². The maximum Gasteiger partial charge on any atom is 0.201 e. The lowest BCUT2D eigenvalue weighted by Crippen LogP contribution is -2.28. The lowest BCUT2D eigenvalue weighted by Gasteiger charge is -2.36. The van der Waals surface area contributed by atoms with Crippen molar-refractivity contribution in [1.29, 1.82) is 0 Å². The Labute approximate surface area is 260 Å². The second-order valence-corrected chi connectivity index (χ2v) is 13.1. The van der Waals surface area contributed by atoms with Gasteiger partial charge in [0, 0.05) is 12.2 Å². The molecule has 3 aliphatic carbocycles. The Hall–Kier alpha value is -2.60. The second-order valence-electron chi connectivity index (χ2n) is 13.1. The Kier molecular flexibility index (Phi) is 11.6. The first-order chi connectivity index (χ1) is 21.4. The SMILES string of the molecule is C/C=C/CCc1ccc(C2CCC(OCC3CCC(C4CC=C(c5ccc(OCC)c(F)c5F)CC4)CC3)CC2)c(F)c1F. The molecule has 0 radical (unpaired) electrons. The van der Waals surface area contributed by atoms with Crippen molar-refractivity contribution in [2.24, 2.45) is 17.8 Å². The maximum absolute atomic E-state index is 14.9. The molecule has 2 aromatic carbocycles. The summed E-state index contributed by atoms with van der Waals surface area (Å²) in [6.07, 6.45) is 18.3. The lowest BCUT2D eigenvalue weighted by atomic mass is 9.71. The van der Waals surface area contributed by atoms with Gasteiger partial charge in [-0.05, 0) is 150 Å². The summed E-state index contributed by atoms with van der Waals surface area (Å²) >= 11 is 0. The van der Waals surface area contributed by atoms with Gasteiger partial charge >= 0.3 is 0 Å². The third kappa shape index (κ3) is 7.78. The molecule has 0 aromatic heterocycles. The van der Waals surface area contributed by atoms with Gasteiger partial charge in [-0.2, -0.15) is 4.39 Å². The smallest absolute Gasteiger partial charge is 0.201 e. The molecule has 5 rings (SSSR count). The molecule has 3 aliphatic rings. The largest absolute Gasteiger partial charge is 0.491 e. The second kappa shape index (κ2) is 15.6. The molecule has 44 heavy (non-hydrogen) atoms. The van der Waals surface area contributed by atoms with Crippen LogP contribution in [0.3, 0.4) is 0 Å². The highest BCUT2D eigenvalue weighted by molar-refractivity contribution is 5.67. The molecular formula is C38H48F4O2. The average Bonchev–Trinajstić information content (AvgIpc) is 3.05. The van der Waals surface area contributed by atoms with Crippen molar-refractivity contribution in [3.63, 3.8) is 0 Å². The van der Waals surface area contributed by atoms with Gasteiger partial charge in [0.1, 0.15) is 0 Å². The van der Waals surface area contributed by atoms with Gasteiger partial charge in [-0.15, -0.1) is 0 Å². The van der Waals surface area contributed by atoms with E-state index < -0.39 is 23.3 Å². The summed E-state index contributed by atoms with van der Waals surface area (Å²) < 4.78 is 70.3. The molecule has 2 saturated carbocycles. The van der Waals surface area contributed by atoms with Gasteiger partial charge in [-0.1, -0.05) is 30.4 Å². The van der Waals surface area contributed by atoms with Crippen LogP contribution in [0, 0.1) is 41.0 Å². The first-order valence-corrected chi connectivity index (χ1v) is 16.9. The van der Waals surface area contributed by atoms with E-state index in [4.69, 9.17) is 9.47 Å². The highest BCUT2D eigenvalue weighted by atomic mass is 19.2. The Bertz CT molecular complexity index is 1300. The van der Waals surface area contributed by atoms with E-state index in [-0.39, 0.29) is 17.8 Å². The maximum atomic E-state index is 14.9. The van der Waals surface area contributed by atoms with Crippen molar-refractivity contribution in [3.8, 4) is 5.75 Å². The van der Waals surface area contributed by atoms with E-state index in [9.17, 15) is 17.6 Å². The summed E-state index contributed by atoms with van der Waals surface area (Å²) in [5.41, 5.74) is 2.25. The van der Waals surface area contributed by atoms with Crippen molar-refractivity contribution >= 4 is 5.57 Å². The van der Waals surface area contributed by atoms with Crippen LogP contribution in [0.15, 0.2) is 42.5 Å². The number of benzene rings is 2. The predicted octanol–water partition coefficient (Wildman–Crippen LogP) is 10.9. The molecule has 0 saturated heterocycles. The van der Waals surface area contributed by atoms with Crippen molar-refractivity contribution < 1.29 is 27.0 Å². The van der Waals surface area contributed by atoms with Gasteiger partial charge < -0.3 is 9.47 Å². The Balaban J connectivity index is 1.03. The third-order valence-electron chi connectivity index (χ3n) is 10.4. The summed E-state index contributed by atoms with van der Waals surface area (Å²) in [5.74, 6) is -1.17. The molecule has 240 valence electrons. The van der Waals surface area contributed by atoms with Crippen LogP contribution in [-0.2, 0) is 11.2 Å². The molecule has 0 aliphatic heterocycles. The zero-order chi connectivity index (χ0) is 31.1. The van der Waals surface area contributed by atoms with Crippen LogP contribution < -0.4 is 4.74 Å². The first kappa shape index (κ1) is 32.8. The summed E-state index contributed by atoms with van der Waals surface area (Å²) in [6.45, 7) is 4.76. The zero-order valence-corrected chi connectivity index (χ0v) is 26.4. The highest BCUT2D eigenvalue weighted by Crippen LogP contribution is 2.43. The predicted molar refractivity (Wildman–Crippen MR) is 169 cm³/mol. The van der Waals surface area contributed by atoms with Gasteiger partial charge in [0.2, 0.25) is 5.82 Å². The normalized spacial score (nSPS) is 26.1. The van der Waals surface area contributed by atoms with Crippen LogP contribution in [0.2, 0.25) is 0 Å². The van der Waals surface area contributed by atoms with Gasteiger partial charge in [0.25, 0.3) is 0 Å². The van der Waals surface area contributed by atoms with Crippen LogP contribution >= 0.6 is 0 Å². The molecule has 0 bridgehead atoms. The molecule has 6 heteroatoms. The summed E-state index contributed by atoms with van der Waals surface area (Å²) in [7, 11) is 0. The van der Waals surface area contributed by atoms with Gasteiger partial charge in [0.05, 0.1) is 12.7 Å². The molecule has 2 fully saturated rings. The van der Waals surface area contributed by atoms with E-state index in [1.807, 2.05) is 19.1 Å². The van der Waals surface area contributed by atoms with Crippen molar-refractivity contribution in [1.82, 2.24) is 0 Å². The van der Waals surface area contributed by atoms with Crippen LogP contribution in [0.4, 0.5) is 17.6 Å². The average molecular weight is 613 g/mol. The van der Waals surface area contributed by atoms with Gasteiger partial charge in [-0.3, -0.25) is 0 Å². The minimum absolute atomic E-state index is 0.0273. The van der Waals surface area contributed by atoms with Gasteiger partial charge in [-0.25, -0.2) is 13.2 Å². The number of aryl methyl sites for hydroxylation is 1. The molecular weight excluding hydrogens is 564 g/mol. The van der Waals surface area contributed by atoms with E-state index in [1.54, 1.807) is 25.1 Å². The Morgan fingerprint density at radius 2 is 1.57 bits per heavy atom. The quantitative estimate of drug-likeness (QED) is 0.186. The van der Waals surface area contributed by atoms with Crippen LogP contribution in [0.1, 0.15) is 114 Å². The Morgan fingerprint density at radius 1 is 0.795 bits per heavy atom. The monoisotopic (exact) mass is 612 g/mol. The fraction of sp³-hybridized carbons (Fsp3) is 0.579. The van der Waals surface area contributed by atoms with E-state index in [0.717, 1.165) is 70.0 Å². The fourth-order valence-corrected chi connectivity index (χ4v) is 7.73. The number of halogens is 4. The molecule has 1 unspecified atom stereocenters. The molecule has 1 atom stereocenters. The first-order valence-electron chi connectivity index (χ1n) is 16.9. The van der Waals surface area contributed by atoms with E-state index in [0.29, 0.717) is 53.9 Å². The molecule has 2 nitrogen and oxygen atoms in total. The zero-order valence-electron chi connectivity index (χ0n) is 26.4. The van der Waals surface area contributed by atoms with Crippen molar-refractivity contribution in [2.45, 2.75) is 109 Å². The van der Waals surface area contributed by atoms with E-state index in [1.165, 1.54) is 18.9 Å². The topological polar surface area (TPSA) is 18.5 Å². The van der Waals surface area contributed by atoms with E-state index >= 15 is 0 Å². The summed E-state index contributed by atoms with van der Waals surface area (Å²) in [6, 6.07) is 6.75.